The lowest BCUT2D eigenvalue weighted by Gasteiger charge is -2.22. The summed E-state index contributed by atoms with van der Waals surface area (Å²) in [6.07, 6.45) is 2.99. The maximum Gasteiger partial charge on any atom is 0.349 e. The van der Waals surface area contributed by atoms with E-state index in [9.17, 15) is 18.0 Å². The predicted molar refractivity (Wildman–Crippen MR) is 97.0 cm³/mol. The van der Waals surface area contributed by atoms with Gasteiger partial charge in [0.25, 0.3) is 5.91 Å². The van der Waals surface area contributed by atoms with E-state index in [1.807, 2.05) is 0 Å². The van der Waals surface area contributed by atoms with Crippen molar-refractivity contribution in [3.63, 3.8) is 0 Å². The smallest absolute Gasteiger partial charge is 0.349 e. The second-order valence-electron chi connectivity index (χ2n) is 5.96. The van der Waals surface area contributed by atoms with Crippen molar-refractivity contribution < 1.29 is 17.6 Å². The van der Waals surface area contributed by atoms with Crippen molar-refractivity contribution >= 4 is 28.3 Å². The summed E-state index contributed by atoms with van der Waals surface area (Å²) in [5.41, 5.74) is -0.147. The summed E-state index contributed by atoms with van der Waals surface area (Å²) < 4.78 is 29.5. The standard InChI is InChI=1S/C15H23N3O5S.ClH/c1-10-8-12(11-4-3-5-16-9-11)23-15(20)13(10)14(19)17-6-7-18-24(2,21)22;/h8,11,16,18H,3-7,9H2,1-2H3,(H,17,19);1H. The van der Waals surface area contributed by atoms with Gasteiger partial charge in [-0.3, -0.25) is 4.79 Å². The molecular weight excluding hydrogens is 370 g/mol. The summed E-state index contributed by atoms with van der Waals surface area (Å²) in [5.74, 6) is 0.172. The molecule has 0 spiro atoms. The second kappa shape index (κ2) is 9.33. The van der Waals surface area contributed by atoms with Gasteiger partial charge in [0.2, 0.25) is 10.0 Å². The van der Waals surface area contributed by atoms with Gasteiger partial charge < -0.3 is 15.1 Å². The van der Waals surface area contributed by atoms with Crippen LogP contribution in [0.15, 0.2) is 15.3 Å². The summed E-state index contributed by atoms with van der Waals surface area (Å²) in [5, 5.41) is 5.77. The van der Waals surface area contributed by atoms with Crippen LogP contribution in [-0.4, -0.2) is 46.8 Å². The van der Waals surface area contributed by atoms with Gasteiger partial charge in [0.15, 0.2) is 0 Å². The highest BCUT2D eigenvalue weighted by Crippen LogP contribution is 2.23. The quantitative estimate of drug-likeness (QED) is 0.591. The Morgan fingerprint density at radius 3 is 2.68 bits per heavy atom. The van der Waals surface area contributed by atoms with E-state index in [1.54, 1.807) is 13.0 Å². The molecule has 1 aliphatic heterocycles. The number of halogens is 1. The number of sulfonamides is 1. The number of carbonyl (C=O) groups excluding carboxylic acids is 1. The maximum absolute atomic E-state index is 12.2. The van der Waals surface area contributed by atoms with Crippen LogP contribution in [0, 0.1) is 6.92 Å². The number of rotatable bonds is 6. The average molecular weight is 394 g/mol. The van der Waals surface area contributed by atoms with Crippen LogP contribution in [0.2, 0.25) is 0 Å². The molecule has 1 aromatic rings. The fourth-order valence-electron chi connectivity index (χ4n) is 2.70. The average Bonchev–Trinajstić information content (AvgIpc) is 2.51. The highest BCUT2D eigenvalue weighted by molar-refractivity contribution is 7.88. The summed E-state index contributed by atoms with van der Waals surface area (Å²) in [4.78, 5) is 24.3. The van der Waals surface area contributed by atoms with Crippen LogP contribution >= 0.6 is 12.4 Å². The van der Waals surface area contributed by atoms with Crippen molar-refractivity contribution in [1.82, 2.24) is 15.4 Å². The zero-order valence-electron chi connectivity index (χ0n) is 14.3. The van der Waals surface area contributed by atoms with Gasteiger partial charge in [-0.25, -0.2) is 17.9 Å². The third-order valence-corrected chi connectivity index (χ3v) is 4.60. The molecule has 8 nitrogen and oxygen atoms in total. The fraction of sp³-hybridized carbons (Fsp3) is 0.600. The molecule has 1 aromatic heterocycles. The zero-order valence-corrected chi connectivity index (χ0v) is 15.9. The van der Waals surface area contributed by atoms with Gasteiger partial charge >= 0.3 is 5.63 Å². The van der Waals surface area contributed by atoms with Crippen LogP contribution in [0.3, 0.4) is 0 Å². The lowest BCUT2D eigenvalue weighted by Crippen LogP contribution is -2.36. The first-order chi connectivity index (χ1) is 11.3. The van der Waals surface area contributed by atoms with E-state index in [2.05, 4.69) is 15.4 Å². The Morgan fingerprint density at radius 2 is 2.12 bits per heavy atom. The van der Waals surface area contributed by atoms with Crippen molar-refractivity contribution in [2.75, 3.05) is 32.4 Å². The molecule has 1 amide bonds. The van der Waals surface area contributed by atoms with Crippen LogP contribution < -0.4 is 21.0 Å². The van der Waals surface area contributed by atoms with E-state index < -0.39 is 21.6 Å². The van der Waals surface area contributed by atoms with E-state index >= 15 is 0 Å². The minimum absolute atomic E-state index is 0. The number of hydrogen-bond acceptors (Lipinski definition) is 6. The first-order valence-corrected chi connectivity index (χ1v) is 9.75. The molecule has 0 aromatic carbocycles. The van der Waals surface area contributed by atoms with Crippen LogP contribution in [0.5, 0.6) is 0 Å². The van der Waals surface area contributed by atoms with Crippen LogP contribution in [0.4, 0.5) is 0 Å². The molecule has 3 N–H and O–H groups in total. The molecule has 10 heteroatoms. The van der Waals surface area contributed by atoms with E-state index in [4.69, 9.17) is 4.42 Å². The lowest BCUT2D eigenvalue weighted by molar-refractivity contribution is 0.0949. The molecule has 1 atom stereocenters. The molecule has 1 saturated heterocycles. The topological polar surface area (TPSA) is 118 Å². The fourth-order valence-corrected chi connectivity index (χ4v) is 3.18. The molecule has 142 valence electrons. The SMILES string of the molecule is Cc1cc(C2CCCNC2)oc(=O)c1C(=O)NCCNS(C)(=O)=O.Cl. The highest BCUT2D eigenvalue weighted by atomic mass is 35.5. The number of piperidine rings is 1. The van der Waals surface area contributed by atoms with Crippen molar-refractivity contribution in [1.29, 1.82) is 0 Å². The number of aryl methyl sites for hydroxylation is 1. The van der Waals surface area contributed by atoms with Crippen LogP contribution in [-0.2, 0) is 10.0 Å². The summed E-state index contributed by atoms with van der Waals surface area (Å²) in [6, 6.07) is 1.74. The third kappa shape index (κ3) is 6.43. The normalized spacial score (nSPS) is 17.6. The number of carbonyl (C=O) groups is 1. The molecule has 25 heavy (non-hydrogen) atoms. The van der Waals surface area contributed by atoms with Gasteiger partial charge in [0, 0.05) is 25.6 Å². The second-order valence-corrected chi connectivity index (χ2v) is 7.79. The van der Waals surface area contributed by atoms with Crippen molar-refractivity contribution in [2.45, 2.75) is 25.7 Å². The summed E-state index contributed by atoms with van der Waals surface area (Å²) in [7, 11) is -3.31. The number of nitrogens with one attached hydrogen (secondary N) is 3. The van der Waals surface area contributed by atoms with Gasteiger partial charge in [-0.2, -0.15) is 0 Å². The van der Waals surface area contributed by atoms with Crippen molar-refractivity contribution in [3.8, 4) is 0 Å². The van der Waals surface area contributed by atoms with Crippen molar-refractivity contribution in [2.24, 2.45) is 0 Å². The molecule has 2 rings (SSSR count). The molecule has 0 saturated carbocycles. The molecule has 0 radical (unpaired) electrons. The third-order valence-electron chi connectivity index (χ3n) is 3.87. The Bertz CT molecular complexity index is 757. The van der Waals surface area contributed by atoms with E-state index in [-0.39, 0.29) is 37.0 Å². The first kappa shape index (κ1) is 21.6. The Labute approximate surface area is 153 Å². The first-order valence-electron chi connectivity index (χ1n) is 7.86. The number of amides is 1. The van der Waals surface area contributed by atoms with Gasteiger partial charge in [0.05, 0.1) is 6.26 Å². The monoisotopic (exact) mass is 393 g/mol. The molecule has 1 aliphatic rings. The minimum Gasteiger partial charge on any atom is -0.427 e. The molecule has 2 heterocycles. The summed E-state index contributed by atoms with van der Waals surface area (Å²) >= 11 is 0. The molecule has 1 fully saturated rings. The van der Waals surface area contributed by atoms with Gasteiger partial charge in [-0.1, -0.05) is 0 Å². The predicted octanol–water partition coefficient (Wildman–Crippen LogP) is 0.116. The van der Waals surface area contributed by atoms with Crippen LogP contribution in [0.1, 0.15) is 40.4 Å². The Morgan fingerprint density at radius 1 is 1.40 bits per heavy atom. The Balaban J connectivity index is 0.00000312. The minimum atomic E-state index is -3.31. The largest absolute Gasteiger partial charge is 0.427 e. The van der Waals surface area contributed by atoms with Gasteiger partial charge in [0.1, 0.15) is 11.3 Å². The Hall–Kier alpha value is -1.42. The van der Waals surface area contributed by atoms with Crippen molar-refractivity contribution in [3.05, 3.63) is 33.4 Å². The molecular formula is C15H24ClN3O5S. The molecule has 1 unspecified atom stereocenters. The lowest BCUT2D eigenvalue weighted by atomic mass is 9.95. The molecule has 0 bridgehead atoms. The van der Waals surface area contributed by atoms with E-state index in [0.29, 0.717) is 11.3 Å². The van der Waals surface area contributed by atoms with E-state index in [0.717, 1.165) is 32.2 Å². The Kier molecular flexibility index (Phi) is 8.07. The van der Waals surface area contributed by atoms with E-state index in [1.165, 1.54) is 0 Å². The van der Waals surface area contributed by atoms with Gasteiger partial charge in [-0.15, -0.1) is 12.4 Å². The van der Waals surface area contributed by atoms with Crippen LogP contribution in [0.25, 0.3) is 0 Å². The van der Waals surface area contributed by atoms with Gasteiger partial charge in [-0.05, 0) is 37.9 Å². The highest BCUT2D eigenvalue weighted by Gasteiger charge is 2.22. The summed E-state index contributed by atoms with van der Waals surface area (Å²) in [6.45, 7) is 3.55. The number of hydrogen-bond donors (Lipinski definition) is 3. The maximum atomic E-state index is 12.2. The zero-order chi connectivity index (χ0) is 17.7. The molecule has 0 aliphatic carbocycles.